The molecule has 3 rings (SSSR count). The lowest BCUT2D eigenvalue weighted by Crippen LogP contribution is -2.16. The summed E-state index contributed by atoms with van der Waals surface area (Å²) >= 11 is 0. The van der Waals surface area contributed by atoms with E-state index in [4.69, 9.17) is 15.2 Å². The van der Waals surface area contributed by atoms with Crippen LogP contribution in [0, 0.1) is 6.92 Å². The topological polar surface area (TPSA) is 95.2 Å². The van der Waals surface area contributed by atoms with E-state index in [0.717, 1.165) is 29.8 Å². The molecule has 0 spiro atoms. The van der Waals surface area contributed by atoms with Gasteiger partial charge in [-0.05, 0) is 31.9 Å². The van der Waals surface area contributed by atoms with Gasteiger partial charge in [-0.15, -0.1) is 0 Å². The van der Waals surface area contributed by atoms with Crippen molar-refractivity contribution in [3.63, 3.8) is 0 Å². The first-order valence-electron chi connectivity index (χ1n) is 9.85. The number of nitrogens with one attached hydrogen (secondary N) is 1. The standard InChI is InChI=1S/C22H29N5O2/c1-14-20(26-22(23)27-21(14)16(3)28-4)15(2)24-12-17-8-7-9-18(25-17)13-29-19-10-5-6-11-19/h7-9,19,24H,2-3,5-6,10-13H2,1,4H3,(H2,23,26,27). The zero-order chi connectivity index (χ0) is 20.8. The van der Waals surface area contributed by atoms with Crippen molar-refractivity contribution in [2.24, 2.45) is 0 Å². The van der Waals surface area contributed by atoms with Gasteiger partial charge in [-0.3, -0.25) is 4.98 Å². The van der Waals surface area contributed by atoms with Crippen LogP contribution in [0.1, 0.15) is 54.0 Å². The second-order valence-electron chi connectivity index (χ2n) is 7.20. The molecule has 2 heterocycles. The molecule has 3 N–H and O–H groups in total. The number of hydrogen-bond acceptors (Lipinski definition) is 7. The summed E-state index contributed by atoms with van der Waals surface area (Å²) in [5, 5.41) is 3.28. The first-order chi connectivity index (χ1) is 14.0. The lowest BCUT2D eigenvalue weighted by Gasteiger charge is -2.15. The van der Waals surface area contributed by atoms with Crippen LogP contribution in [-0.4, -0.2) is 28.2 Å². The molecule has 1 aliphatic carbocycles. The maximum absolute atomic E-state index is 5.96. The molecule has 154 valence electrons. The second-order valence-corrected chi connectivity index (χ2v) is 7.20. The van der Waals surface area contributed by atoms with Crippen molar-refractivity contribution in [2.75, 3.05) is 12.8 Å². The molecule has 2 aromatic heterocycles. The highest BCUT2D eigenvalue weighted by atomic mass is 16.5. The summed E-state index contributed by atoms with van der Waals surface area (Å²) < 4.78 is 11.2. The Labute approximate surface area is 172 Å². The van der Waals surface area contributed by atoms with Crippen LogP contribution in [-0.2, 0) is 22.6 Å². The molecule has 0 unspecified atom stereocenters. The first kappa shape index (κ1) is 20.8. The maximum atomic E-state index is 5.96. The number of rotatable bonds is 9. The summed E-state index contributed by atoms with van der Waals surface area (Å²) in [7, 11) is 1.54. The van der Waals surface area contributed by atoms with Crippen LogP contribution in [0.5, 0.6) is 0 Å². The minimum Gasteiger partial charge on any atom is -0.495 e. The Morgan fingerprint density at radius 1 is 1.14 bits per heavy atom. The predicted molar refractivity (Wildman–Crippen MR) is 114 cm³/mol. The average molecular weight is 396 g/mol. The molecule has 7 heteroatoms. The fraction of sp³-hybridized carbons (Fsp3) is 0.409. The highest BCUT2D eigenvalue weighted by Gasteiger charge is 2.16. The summed E-state index contributed by atoms with van der Waals surface area (Å²) in [5.74, 6) is 0.577. The smallest absolute Gasteiger partial charge is 0.221 e. The number of hydrogen-bond donors (Lipinski definition) is 2. The third-order valence-corrected chi connectivity index (χ3v) is 5.08. The van der Waals surface area contributed by atoms with Gasteiger partial charge in [0.1, 0.15) is 11.5 Å². The molecule has 0 amide bonds. The Morgan fingerprint density at radius 3 is 2.55 bits per heavy atom. The van der Waals surface area contributed by atoms with Crippen LogP contribution in [0.2, 0.25) is 0 Å². The van der Waals surface area contributed by atoms with Gasteiger partial charge in [-0.1, -0.05) is 32.1 Å². The summed E-state index contributed by atoms with van der Waals surface area (Å²) in [5.41, 5.74) is 10.3. The maximum Gasteiger partial charge on any atom is 0.221 e. The van der Waals surface area contributed by atoms with E-state index in [1.807, 2.05) is 25.1 Å². The van der Waals surface area contributed by atoms with Crippen molar-refractivity contribution in [1.29, 1.82) is 0 Å². The molecular formula is C22H29N5O2. The number of nitrogens with zero attached hydrogens (tertiary/aromatic N) is 3. The molecular weight excluding hydrogens is 366 g/mol. The summed E-state index contributed by atoms with van der Waals surface area (Å²) in [6, 6.07) is 5.96. The van der Waals surface area contributed by atoms with Crippen molar-refractivity contribution < 1.29 is 9.47 Å². The Morgan fingerprint density at radius 2 is 1.83 bits per heavy atom. The van der Waals surface area contributed by atoms with Crippen molar-refractivity contribution in [1.82, 2.24) is 20.3 Å². The van der Waals surface area contributed by atoms with Gasteiger partial charge in [-0.2, -0.15) is 0 Å². The molecule has 0 radical (unpaired) electrons. The van der Waals surface area contributed by atoms with Crippen LogP contribution in [0.25, 0.3) is 11.5 Å². The molecule has 1 saturated carbocycles. The minimum atomic E-state index is 0.144. The SMILES string of the molecule is C=C(NCc1cccc(COC2CCCC2)n1)c1nc(N)nc(C(=C)OC)c1C. The zero-order valence-electron chi connectivity index (χ0n) is 17.2. The van der Waals surface area contributed by atoms with E-state index < -0.39 is 0 Å². The van der Waals surface area contributed by atoms with Gasteiger partial charge in [0, 0.05) is 5.56 Å². The number of methoxy groups -OCH3 is 1. The molecule has 0 atom stereocenters. The molecule has 0 aromatic carbocycles. The van der Waals surface area contributed by atoms with Crippen molar-refractivity contribution in [3.8, 4) is 0 Å². The van der Waals surface area contributed by atoms with Gasteiger partial charge in [-0.25, -0.2) is 9.97 Å². The van der Waals surface area contributed by atoms with Gasteiger partial charge < -0.3 is 20.5 Å². The number of nitrogens with two attached hydrogens (primary N) is 1. The van der Waals surface area contributed by atoms with Crippen LogP contribution in [0.3, 0.4) is 0 Å². The summed E-state index contributed by atoms with van der Waals surface area (Å²) in [4.78, 5) is 13.2. The Kier molecular flexibility index (Phi) is 6.82. The van der Waals surface area contributed by atoms with E-state index in [-0.39, 0.29) is 5.95 Å². The van der Waals surface area contributed by atoms with Crippen LogP contribution in [0.15, 0.2) is 31.4 Å². The van der Waals surface area contributed by atoms with Gasteiger partial charge in [0.15, 0.2) is 0 Å². The van der Waals surface area contributed by atoms with Gasteiger partial charge >= 0.3 is 0 Å². The summed E-state index contributed by atoms with van der Waals surface area (Å²) in [6.07, 6.45) is 5.20. The molecule has 0 aliphatic heterocycles. The fourth-order valence-corrected chi connectivity index (χ4v) is 3.44. The Bertz CT molecular complexity index is 891. The lowest BCUT2D eigenvalue weighted by molar-refractivity contribution is 0.0437. The van der Waals surface area contributed by atoms with E-state index in [0.29, 0.717) is 42.1 Å². The van der Waals surface area contributed by atoms with Crippen LogP contribution >= 0.6 is 0 Å². The zero-order valence-corrected chi connectivity index (χ0v) is 17.2. The van der Waals surface area contributed by atoms with Crippen molar-refractivity contribution in [3.05, 3.63) is 59.7 Å². The van der Waals surface area contributed by atoms with E-state index in [1.165, 1.54) is 12.8 Å². The quantitative estimate of drug-likeness (QED) is 0.626. The number of aromatic nitrogens is 3. The Balaban J connectivity index is 1.64. The number of pyridine rings is 1. The minimum absolute atomic E-state index is 0.144. The van der Waals surface area contributed by atoms with Crippen molar-refractivity contribution in [2.45, 2.75) is 51.9 Å². The third kappa shape index (κ3) is 5.32. The fourth-order valence-electron chi connectivity index (χ4n) is 3.44. The lowest BCUT2D eigenvalue weighted by atomic mass is 10.1. The molecule has 0 saturated heterocycles. The largest absolute Gasteiger partial charge is 0.495 e. The van der Waals surface area contributed by atoms with Gasteiger partial charge in [0.05, 0.1) is 49.1 Å². The molecule has 1 fully saturated rings. The first-order valence-corrected chi connectivity index (χ1v) is 9.85. The van der Waals surface area contributed by atoms with Gasteiger partial charge in [0.25, 0.3) is 0 Å². The predicted octanol–water partition coefficient (Wildman–Crippen LogP) is 3.60. The molecule has 7 nitrogen and oxygen atoms in total. The van der Waals surface area contributed by atoms with E-state index >= 15 is 0 Å². The number of anilines is 1. The monoisotopic (exact) mass is 395 g/mol. The van der Waals surface area contributed by atoms with E-state index in [1.54, 1.807) is 7.11 Å². The third-order valence-electron chi connectivity index (χ3n) is 5.08. The number of nitrogen functional groups attached to an aromatic ring is 1. The molecule has 2 aromatic rings. The van der Waals surface area contributed by atoms with E-state index in [9.17, 15) is 0 Å². The van der Waals surface area contributed by atoms with Crippen molar-refractivity contribution >= 4 is 17.4 Å². The average Bonchev–Trinajstić information content (AvgIpc) is 3.25. The van der Waals surface area contributed by atoms with Crippen LogP contribution in [0.4, 0.5) is 5.95 Å². The number of ether oxygens (including phenoxy) is 2. The van der Waals surface area contributed by atoms with Crippen LogP contribution < -0.4 is 11.1 Å². The molecule has 1 aliphatic rings. The highest BCUT2D eigenvalue weighted by Crippen LogP contribution is 2.23. The highest BCUT2D eigenvalue weighted by molar-refractivity contribution is 5.68. The van der Waals surface area contributed by atoms with E-state index in [2.05, 4.69) is 33.4 Å². The second kappa shape index (κ2) is 9.52. The van der Waals surface area contributed by atoms with Gasteiger partial charge in [0.2, 0.25) is 5.95 Å². The molecule has 29 heavy (non-hydrogen) atoms. The normalized spacial score (nSPS) is 14.0. The molecule has 0 bridgehead atoms. The Hall–Kier alpha value is -2.93. The summed E-state index contributed by atoms with van der Waals surface area (Å²) in [6.45, 7) is 10.9.